The van der Waals surface area contributed by atoms with Crippen molar-refractivity contribution in [2.45, 2.75) is 20.8 Å². The maximum Gasteiger partial charge on any atom is 0.327 e. The second-order valence-electron chi connectivity index (χ2n) is 3.48. The van der Waals surface area contributed by atoms with Gasteiger partial charge in [-0.1, -0.05) is 0 Å². The first-order valence-corrected chi connectivity index (χ1v) is 4.63. The average molecular weight is 189 g/mol. The molecule has 0 saturated carbocycles. The molecule has 2 aromatic rings. The third kappa shape index (κ3) is 1.69. The number of hydrogen-bond donors (Lipinski definition) is 0. The molecule has 0 spiro atoms. The summed E-state index contributed by atoms with van der Waals surface area (Å²) in [4.78, 5) is 0. The van der Waals surface area contributed by atoms with Crippen LogP contribution < -0.4 is 0 Å². The minimum absolute atomic E-state index is 0.893. The molecular weight excluding hydrogens is 176 g/mol. The van der Waals surface area contributed by atoms with Crippen LogP contribution in [0.4, 0.5) is 0 Å². The molecule has 0 bridgehead atoms. The van der Waals surface area contributed by atoms with Crippen molar-refractivity contribution in [3.8, 4) is 11.3 Å². The molecule has 0 aliphatic carbocycles. The van der Waals surface area contributed by atoms with Crippen LogP contribution in [-0.2, 0) is 0 Å². The summed E-state index contributed by atoms with van der Waals surface area (Å²) in [5.74, 6) is 3.61. The molecule has 0 aliphatic rings. The number of rotatable bonds is 1. The molecule has 2 nitrogen and oxygen atoms in total. The summed E-state index contributed by atoms with van der Waals surface area (Å²) in [5, 5.41) is 0. The summed E-state index contributed by atoms with van der Waals surface area (Å²) in [6.45, 7) is 5.81. The predicted molar refractivity (Wildman–Crippen MR) is 55.0 cm³/mol. The van der Waals surface area contributed by atoms with E-state index in [9.17, 15) is 0 Å². The fourth-order valence-electron chi connectivity index (χ4n) is 1.52. The van der Waals surface area contributed by atoms with Crippen molar-refractivity contribution < 1.29 is 8.83 Å². The molecule has 0 atom stereocenters. The lowest BCUT2D eigenvalue weighted by Crippen LogP contribution is -1.80. The van der Waals surface area contributed by atoms with Crippen LogP contribution in [0.2, 0.25) is 0 Å². The van der Waals surface area contributed by atoms with Gasteiger partial charge in [-0.25, -0.2) is 4.42 Å². The summed E-state index contributed by atoms with van der Waals surface area (Å²) < 4.78 is 10.9. The molecule has 2 aromatic heterocycles. The lowest BCUT2D eigenvalue weighted by Gasteiger charge is -1.93. The zero-order chi connectivity index (χ0) is 10.1. The summed E-state index contributed by atoms with van der Waals surface area (Å²) in [7, 11) is 0. The van der Waals surface area contributed by atoms with Gasteiger partial charge in [-0.2, -0.15) is 0 Å². The van der Waals surface area contributed by atoms with Gasteiger partial charge in [-0.15, -0.1) is 0 Å². The Balaban J connectivity index is 2.51. The van der Waals surface area contributed by atoms with Crippen molar-refractivity contribution in [1.82, 2.24) is 0 Å². The Kier molecular flexibility index (Phi) is 2.12. The van der Waals surface area contributed by atoms with Crippen molar-refractivity contribution in [3.63, 3.8) is 0 Å². The Morgan fingerprint density at radius 2 is 1.64 bits per heavy atom. The highest BCUT2D eigenvalue weighted by molar-refractivity contribution is 5.57. The van der Waals surface area contributed by atoms with E-state index < -0.39 is 0 Å². The third-order valence-corrected chi connectivity index (χ3v) is 2.06. The number of furan rings is 1. The molecule has 0 N–H and O–H groups in total. The summed E-state index contributed by atoms with van der Waals surface area (Å²) >= 11 is 0. The van der Waals surface area contributed by atoms with E-state index in [4.69, 9.17) is 8.83 Å². The molecule has 2 heteroatoms. The predicted octanol–water partition coefficient (Wildman–Crippen LogP) is 3.75. The van der Waals surface area contributed by atoms with Crippen LogP contribution in [0.3, 0.4) is 0 Å². The Morgan fingerprint density at radius 3 is 2.14 bits per heavy atom. The molecule has 0 amide bonds. The van der Waals surface area contributed by atoms with E-state index in [1.54, 1.807) is 0 Å². The zero-order valence-corrected chi connectivity index (χ0v) is 8.63. The largest absolute Gasteiger partial charge is 0.461 e. The SMILES string of the molecule is Cc1ccc(-c2cc(C)[o+]c(C)c2)o1. The first kappa shape index (κ1) is 9.00. The van der Waals surface area contributed by atoms with Crippen LogP contribution in [0.15, 0.2) is 33.1 Å². The highest BCUT2D eigenvalue weighted by Gasteiger charge is 2.11. The van der Waals surface area contributed by atoms with Gasteiger partial charge >= 0.3 is 11.5 Å². The third-order valence-electron chi connectivity index (χ3n) is 2.06. The average Bonchev–Trinajstić information content (AvgIpc) is 2.50. The Bertz CT molecular complexity index is 435. The van der Waals surface area contributed by atoms with Gasteiger partial charge in [0.1, 0.15) is 11.5 Å². The normalized spacial score (nSPS) is 10.5. The molecule has 0 saturated heterocycles. The van der Waals surface area contributed by atoms with Crippen molar-refractivity contribution in [2.75, 3.05) is 0 Å². The minimum Gasteiger partial charge on any atom is -0.461 e. The van der Waals surface area contributed by atoms with E-state index in [-0.39, 0.29) is 0 Å². The molecule has 0 aliphatic heterocycles. The molecular formula is C12H13O2+. The molecule has 2 heterocycles. The van der Waals surface area contributed by atoms with Crippen LogP contribution >= 0.6 is 0 Å². The van der Waals surface area contributed by atoms with Gasteiger partial charge in [0.25, 0.3) is 0 Å². The van der Waals surface area contributed by atoms with Crippen LogP contribution in [0.1, 0.15) is 17.3 Å². The van der Waals surface area contributed by atoms with Gasteiger partial charge < -0.3 is 4.42 Å². The maximum atomic E-state index is 5.54. The lowest BCUT2D eigenvalue weighted by molar-refractivity contribution is 0.484. The molecule has 0 fully saturated rings. The quantitative estimate of drug-likeness (QED) is 0.638. The summed E-state index contributed by atoms with van der Waals surface area (Å²) in [5.41, 5.74) is 1.07. The highest BCUT2D eigenvalue weighted by Crippen LogP contribution is 2.23. The minimum atomic E-state index is 0.893. The van der Waals surface area contributed by atoms with Crippen LogP contribution in [0.5, 0.6) is 0 Å². The second-order valence-corrected chi connectivity index (χ2v) is 3.48. The van der Waals surface area contributed by atoms with Crippen molar-refractivity contribution in [1.29, 1.82) is 0 Å². The van der Waals surface area contributed by atoms with Gasteiger partial charge in [0.2, 0.25) is 0 Å². The van der Waals surface area contributed by atoms with E-state index >= 15 is 0 Å². The number of aryl methyl sites for hydroxylation is 3. The Labute approximate surface area is 83.2 Å². The smallest absolute Gasteiger partial charge is 0.327 e. The lowest BCUT2D eigenvalue weighted by atomic mass is 10.2. The standard InChI is InChI=1S/C12H13O2/c1-8-4-5-12(14-8)11-6-9(2)13-10(3)7-11/h4-7H,1-3H3/q+1. The maximum absolute atomic E-state index is 5.54. The van der Waals surface area contributed by atoms with E-state index in [0.29, 0.717) is 0 Å². The van der Waals surface area contributed by atoms with Crippen LogP contribution in [-0.4, -0.2) is 0 Å². The fraction of sp³-hybridized carbons (Fsp3) is 0.250. The Morgan fingerprint density at radius 1 is 1.00 bits per heavy atom. The second kappa shape index (κ2) is 3.29. The van der Waals surface area contributed by atoms with Gasteiger partial charge in [-0.3, -0.25) is 0 Å². The first-order valence-electron chi connectivity index (χ1n) is 4.63. The van der Waals surface area contributed by atoms with Gasteiger partial charge in [0.15, 0.2) is 0 Å². The summed E-state index contributed by atoms with van der Waals surface area (Å²) in [6.07, 6.45) is 0. The van der Waals surface area contributed by atoms with E-state index in [1.165, 1.54) is 0 Å². The monoisotopic (exact) mass is 189 g/mol. The summed E-state index contributed by atoms with van der Waals surface area (Å²) in [6, 6.07) is 7.89. The van der Waals surface area contributed by atoms with Crippen LogP contribution in [0.25, 0.3) is 11.3 Å². The van der Waals surface area contributed by atoms with Gasteiger partial charge in [0.05, 0.1) is 13.8 Å². The van der Waals surface area contributed by atoms with E-state index in [0.717, 1.165) is 28.6 Å². The van der Waals surface area contributed by atoms with Crippen LogP contribution in [0, 0.1) is 20.8 Å². The zero-order valence-electron chi connectivity index (χ0n) is 8.63. The van der Waals surface area contributed by atoms with Crippen molar-refractivity contribution in [3.05, 3.63) is 41.5 Å². The van der Waals surface area contributed by atoms with Crippen molar-refractivity contribution in [2.24, 2.45) is 0 Å². The molecule has 72 valence electrons. The molecule has 14 heavy (non-hydrogen) atoms. The molecule has 2 rings (SSSR count). The van der Waals surface area contributed by atoms with E-state index in [1.807, 2.05) is 45.0 Å². The topological polar surface area (TPSA) is 24.4 Å². The van der Waals surface area contributed by atoms with Gasteiger partial charge in [0, 0.05) is 17.7 Å². The fourth-order valence-corrected chi connectivity index (χ4v) is 1.52. The van der Waals surface area contributed by atoms with E-state index in [2.05, 4.69) is 0 Å². The van der Waals surface area contributed by atoms with Gasteiger partial charge in [-0.05, 0) is 19.1 Å². The number of hydrogen-bond acceptors (Lipinski definition) is 1. The molecule has 0 aromatic carbocycles. The Hall–Kier alpha value is -1.57. The highest BCUT2D eigenvalue weighted by atomic mass is 16.3. The first-order chi connectivity index (χ1) is 6.65. The van der Waals surface area contributed by atoms with Crippen molar-refractivity contribution >= 4 is 0 Å². The molecule has 0 unspecified atom stereocenters. The molecule has 0 radical (unpaired) electrons.